The highest BCUT2D eigenvalue weighted by Crippen LogP contribution is 2.22. The van der Waals surface area contributed by atoms with E-state index in [9.17, 15) is 5.11 Å². The van der Waals surface area contributed by atoms with Crippen LogP contribution in [0.2, 0.25) is 0 Å². The minimum absolute atomic E-state index is 0.103. The zero-order valence-electron chi connectivity index (χ0n) is 9.11. The van der Waals surface area contributed by atoms with E-state index >= 15 is 0 Å². The van der Waals surface area contributed by atoms with E-state index in [1.807, 2.05) is 7.05 Å². The number of hydrogen-bond donors (Lipinski definition) is 2. The first-order valence-electron chi connectivity index (χ1n) is 5.50. The predicted molar refractivity (Wildman–Crippen MR) is 63.4 cm³/mol. The number of hydrogen-bond acceptors (Lipinski definition) is 3. The van der Waals surface area contributed by atoms with Gasteiger partial charge >= 0.3 is 0 Å². The number of aliphatic hydroxyl groups excluding tert-OH is 1. The van der Waals surface area contributed by atoms with Crippen molar-refractivity contribution in [2.45, 2.75) is 18.9 Å². The first kappa shape index (κ1) is 10.3. The number of benzene rings is 1. The molecule has 1 aliphatic rings. The van der Waals surface area contributed by atoms with Crippen LogP contribution in [0.15, 0.2) is 24.3 Å². The second-order valence-corrected chi connectivity index (χ2v) is 4.02. The zero-order chi connectivity index (χ0) is 10.7. The molecular weight excluding hydrogens is 188 g/mol. The summed E-state index contributed by atoms with van der Waals surface area (Å²) in [7, 11) is 1.93. The number of rotatable bonds is 2. The lowest BCUT2D eigenvalue weighted by molar-refractivity contribution is 0.145. The van der Waals surface area contributed by atoms with Crippen LogP contribution in [0.25, 0.3) is 0 Å². The van der Waals surface area contributed by atoms with Gasteiger partial charge in [-0.05, 0) is 31.0 Å². The Kier molecular flexibility index (Phi) is 3.11. The standard InChI is InChI=1S/C12H18N2O/c1-13-10-3-2-4-11(9-10)14-7-5-12(15)6-8-14/h2-4,9,12-13,15H,5-8H2,1H3. The lowest BCUT2D eigenvalue weighted by Gasteiger charge is -2.31. The van der Waals surface area contributed by atoms with Crippen molar-refractivity contribution < 1.29 is 5.11 Å². The summed E-state index contributed by atoms with van der Waals surface area (Å²) in [4.78, 5) is 2.33. The third-order valence-corrected chi connectivity index (χ3v) is 2.96. The highest BCUT2D eigenvalue weighted by Gasteiger charge is 2.16. The van der Waals surface area contributed by atoms with Crippen LogP contribution in [0.4, 0.5) is 11.4 Å². The molecule has 15 heavy (non-hydrogen) atoms. The molecule has 0 spiro atoms. The molecule has 1 fully saturated rings. The Hall–Kier alpha value is -1.22. The van der Waals surface area contributed by atoms with E-state index in [4.69, 9.17) is 0 Å². The Balaban J connectivity index is 2.08. The van der Waals surface area contributed by atoms with E-state index in [0.717, 1.165) is 31.6 Å². The van der Waals surface area contributed by atoms with Crippen molar-refractivity contribution >= 4 is 11.4 Å². The molecule has 1 saturated heterocycles. The number of nitrogens with zero attached hydrogens (tertiary/aromatic N) is 1. The largest absolute Gasteiger partial charge is 0.393 e. The fourth-order valence-electron chi connectivity index (χ4n) is 1.98. The maximum absolute atomic E-state index is 9.44. The van der Waals surface area contributed by atoms with Crippen LogP contribution in [-0.2, 0) is 0 Å². The summed E-state index contributed by atoms with van der Waals surface area (Å²) in [6, 6.07) is 8.39. The van der Waals surface area contributed by atoms with Gasteiger partial charge in [0.1, 0.15) is 0 Å². The Morgan fingerprint density at radius 2 is 2.07 bits per heavy atom. The lowest BCUT2D eigenvalue weighted by atomic mass is 10.1. The Morgan fingerprint density at radius 1 is 1.33 bits per heavy atom. The van der Waals surface area contributed by atoms with E-state index < -0.39 is 0 Å². The van der Waals surface area contributed by atoms with Crippen LogP contribution in [-0.4, -0.2) is 31.3 Å². The van der Waals surface area contributed by atoms with E-state index in [-0.39, 0.29) is 6.10 Å². The number of aliphatic hydroxyl groups is 1. The van der Waals surface area contributed by atoms with Gasteiger partial charge in [-0.1, -0.05) is 6.07 Å². The third kappa shape index (κ3) is 2.42. The number of anilines is 2. The number of nitrogens with one attached hydrogen (secondary N) is 1. The molecule has 0 aliphatic carbocycles. The van der Waals surface area contributed by atoms with Crippen LogP contribution in [0.1, 0.15) is 12.8 Å². The summed E-state index contributed by atoms with van der Waals surface area (Å²) in [6.45, 7) is 1.91. The van der Waals surface area contributed by atoms with Crippen molar-refractivity contribution in [1.82, 2.24) is 0 Å². The fraction of sp³-hybridized carbons (Fsp3) is 0.500. The monoisotopic (exact) mass is 206 g/mol. The molecule has 1 aliphatic heterocycles. The lowest BCUT2D eigenvalue weighted by Crippen LogP contribution is -2.35. The van der Waals surface area contributed by atoms with E-state index in [0.29, 0.717) is 0 Å². The molecule has 1 heterocycles. The van der Waals surface area contributed by atoms with Gasteiger partial charge in [0.15, 0.2) is 0 Å². The first-order valence-corrected chi connectivity index (χ1v) is 5.50. The molecule has 3 nitrogen and oxygen atoms in total. The molecule has 0 radical (unpaired) electrons. The highest BCUT2D eigenvalue weighted by molar-refractivity contribution is 5.58. The summed E-state index contributed by atoms with van der Waals surface area (Å²) in [5.41, 5.74) is 2.38. The minimum atomic E-state index is -0.103. The molecular formula is C12H18N2O. The van der Waals surface area contributed by atoms with E-state index in [1.165, 1.54) is 5.69 Å². The van der Waals surface area contributed by atoms with Crippen molar-refractivity contribution in [3.05, 3.63) is 24.3 Å². The van der Waals surface area contributed by atoms with Crippen molar-refractivity contribution in [2.24, 2.45) is 0 Å². The average molecular weight is 206 g/mol. The van der Waals surface area contributed by atoms with Gasteiger partial charge in [0, 0.05) is 31.5 Å². The SMILES string of the molecule is CNc1cccc(N2CCC(O)CC2)c1. The maximum atomic E-state index is 9.44. The van der Waals surface area contributed by atoms with Gasteiger partial charge in [0.25, 0.3) is 0 Å². The number of piperidine rings is 1. The van der Waals surface area contributed by atoms with Crippen LogP contribution >= 0.6 is 0 Å². The van der Waals surface area contributed by atoms with Crippen LogP contribution < -0.4 is 10.2 Å². The first-order chi connectivity index (χ1) is 7.29. The maximum Gasteiger partial charge on any atom is 0.0574 e. The zero-order valence-corrected chi connectivity index (χ0v) is 9.11. The molecule has 2 rings (SSSR count). The smallest absolute Gasteiger partial charge is 0.0574 e. The highest BCUT2D eigenvalue weighted by atomic mass is 16.3. The van der Waals surface area contributed by atoms with Gasteiger partial charge in [-0.3, -0.25) is 0 Å². The normalized spacial score (nSPS) is 17.9. The van der Waals surface area contributed by atoms with Crippen molar-refractivity contribution in [1.29, 1.82) is 0 Å². The molecule has 0 amide bonds. The Morgan fingerprint density at radius 3 is 2.73 bits per heavy atom. The van der Waals surface area contributed by atoms with Crippen LogP contribution in [0.5, 0.6) is 0 Å². The molecule has 0 saturated carbocycles. The van der Waals surface area contributed by atoms with Gasteiger partial charge in [-0.25, -0.2) is 0 Å². The molecule has 1 aromatic carbocycles. The van der Waals surface area contributed by atoms with Crippen molar-refractivity contribution in [3.8, 4) is 0 Å². The molecule has 3 heteroatoms. The molecule has 0 atom stereocenters. The third-order valence-electron chi connectivity index (χ3n) is 2.96. The van der Waals surface area contributed by atoms with Crippen molar-refractivity contribution in [2.75, 3.05) is 30.4 Å². The predicted octanol–water partition coefficient (Wildman–Crippen LogP) is 1.69. The van der Waals surface area contributed by atoms with Crippen LogP contribution in [0.3, 0.4) is 0 Å². The van der Waals surface area contributed by atoms with Crippen LogP contribution in [0, 0.1) is 0 Å². The molecule has 0 unspecified atom stereocenters. The van der Waals surface area contributed by atoms with Gasteiger partial charge in [0.05, 0.1) is 6.10 Å². The second kappa shape index (κ2) is 4.53. The molecule has 2 N–H and O–H groups in total. The average Bonchev–Trinajstić information content (AvgIpc) is 2.30. The molecule has 0 aromatic heterocycles. The Bertz CT molecular complexity index is 319. The minimum Gasteiger partial charge on any atom is -0.393 e. The van der Waals surface area contributed by atoms with Gasteiger partial charge in [0.2, 0.25) is 0 Å². The molecule has 82 valence electrons. The Labute approximate surface area is 90.7 Å². The van der Waals surface area contributed by atoms with E-state index in [2.05, 4.69) is 34.5 Å². The van der Waals surface area contributed by atoms with Crippen molar-refractivity contribution in [3.63, 3.8) is 0 Å². The quantitative estimate of drug-likeness (QED) is 0.773. The summed E-state index contributed by atoms with van der Waals surface area (Å²) in [6.07, 6.45) is 1.65. The molecule has 1 aromatic rings. The van der Waals surface area contributed by atoms with E-state index in [1.54, 1.807) is 0 Å². The summed E-state index contributed by atoms with van der Waals surface area (Å²) in [5.74, 6) is 0. The van der Waals surface area contributed by atoms with Gasteiger partial charge < -0.3 is 15.3 Å². The summed E-state index contributed by atoms with van der Waals surface area (Å²) in [5, 5.41) is 12.6. The van der Waals surface area contributed by atoms with Gasteiger partial charge in [-0.2, -0.15) is 0 Å². The second-order valence-electron chi connectivity index (χ2n) is 4.02. The van der Waals surface area contributed by atoms with Gasteiger partial charge in [-0.15, -0.1) is 0 Å². The summed E-state index contributed by atoms with van der Waals surface area (Å²) >= 11 is 0. The molecule has 0 bridgehead atoms. The topological polar surface area (TPSA) is 35.5 Å². The fourth-order valence-corrected chi connectivity index (χ4v) is 1.98. The summed E-state index contributed by atoms with van der Waals surface area (Å²) < 4.78 is 0.